The fourth-order valence-corrected chi connectivity index (χ4v) is 0.414. The molecule has 4 N–H and O–H groups in total. The summed E-state index contributed by atoms with van der Waals surface area (Å²) in [4.78, 5) is 0. The fourth-order valence-electron chi connectivity index (χ4n) is 0.138. The Balaban J connectivity index is 3.67. The van der Waals surface area contributed by atoms with Crippen molar-refractivity contribution in [3.63, 3.8) is 0 Å². The number of nitrogens with one attached hydrogen (secondary N) is 1. The zero-order valence-electron chi connectivity index (χ0n) is 4.36. The third-order valence-electron chi connectivity index (χ3n) is 0.363. The Kier molecular flexibility index (Phi) is 2.41. The van der Waals surface area contributed by atoms with Crippen molar-refractivity contribution in [3.05, 3.63) is 0 Å². The lowest BCUT2D eigenvalue weighted by atomic mass is 11.2. The molecule has 0 aliphatic rings. The van der Waals surface area contributed by atoms with E-state index < -0.39 is 22.1 Å². The van der Waals surface area contributed by atoms with E-state index in [0.29, 0.717) is 0 Å². The summed E-state index contributed by atoms with van der Waals surface area (Å²) in [6, 6.07) is -0.743. The quantitative estimate of drug-likeness (QED) is 0.261. The van der Waals surface area contributed by atoms with Crippen LogP contribution in [-0.2, 0) is 14.9 Å². The van der Waals surface area contributed by atoms with Crippen molar-refractivity contribution < 1.29 is 17.7 Å². The van der Waals surface area contributed by atoms with Crippen LogP contribution in [0.15, 0.2) is 0 Å². The Morgan fingerprint density at radius 2 is 2.22 bits per heavy atom. The van der Waals surface area contributed by atoms with Crippen molar-refractivity contribution in [2.24, 2.45) is 5.73 Å². The molecule has 7 heteroatoms. The van der Waals surface area contributed by atoms with Gasteiger partial charge in [0.05, 0.1) is 0 Å². The molecule has 0 heterocycles. The van der Waals surface area contributed by atoms with Crippen molar-refractivity contribution in [1.82, 2.24) is 0 Å². The Labute approximate surface area is 51.9 Å². The van der Waals surface area contributed by atoms with Crippen molar-refractivity contribution in [2.45, 2.75) is 0 Å². The van der Waals surface area contributed by atoms with Crippen LogP contribution in [0, 0.1) is 5.41 Å². The van der Waals surface area contributed by atoms with E-state index in [2.05, 4.69) is 10.5 Å². The summed E-state index contributed by atoms with van der Waals surface area (Å²) in [6.07, 6.45) is 0. The molecule has 0 aromatic carbocycles. The van der Waals surface area contributed by atoms with E-state index in [9.17, 15) is 8.42 Å². The van der Waals surface area contributed by atoms with Crippen LogP contribution < -0.4 is 5.73 Å². The first kappa shape index (κ1) is 8.18. The van der Waals surface area contributed by atoms with Gasteiger partial charge in [-0.25, -0.2) is 0 Å². The van der Waals surface area contributed by atoms with E-state index in [1.54, 1.807) is 0 Å². The maximum atomic E-state index is 9.81. The summed E-state index contributed by atoms with van der Waals surface area (Å²) in [5.41, 5.74) is 4.59. The van der Waals surface area contributed by atoms with Gasteiger partial charge in [0, 0.05) is 0 Å². The van der Waals surface area contributed by atoms with Gasteiger partial charge in [0.25, 0.3) is 6.02 Å². The van der Waals surface area contributed by atoms with Crippen LogP contribution in [0.25, 0.3) is 0 Å². The molecular formula is C2H6N2O4S. The minimum Gasteiger partial charge on any atom is -0.447 e. The minimum atomic E-state index is -4.16. The van der Waals surface area contributed by atoms with Crippen molar-refractivity contribution in [2.75, 3.05) is 5.94 Å². The SMILES string of the molecule is N=C(N)OCS(=O)(=O)O. The molecule has 0 aromatic heterocycles. The summed E-state index contributed by atoms with van der Waals surface area (Å²) in [7, 11) is -4.16. The van der Waals surface area contributed by atoms with Crippen LogP contribution in [0.1, 0.15) is 0 Å². The van der Waals surface area contributed by atoms with Gasteiger partial charge >= 0.3 is 10.1 Å². The van der Waals surface area contributed by atoms with E-state index in [-0.39, 0.29) is 0 Å². The first-order valence-electron chi connectivity index (χ1n) is 1.84. The van der Waals surface area contributed by atoms with Gasteiger partial charge in [-0.1, -0.05) is 0 Å². The number of nitrogens with two attached hydrogens (primary N) is 1. The summed E-state index contributed by atoms with van der Waals surface area (Å²) < 4.78 is 31.5. The molecule has 0 amide bonds. The van der Waals surface area contributed by atoms with Gasteiger partial charge in [-0.15, -0.1) is 0 Å². The zero-order valence-corrected chi connectivity index (χ0v) is 5.18. The molecule has 0 rings (SSSR count). The highest BCUT2D eigenvalue weighted by Gasteiger charge is 2.03. The molecule has 6 nitrogen and oxygen atoms in total. The maximum Gasteiger partial charge on any atom is 0.300 e. The van der Waals surface area contributed by atoms with Crippen molar-refractivity contribution in [1.29, 1.82) is 5.41 Å². The molecule has 0 aliphatic carbocycles. The fraction of sp³-hybridized carbons (Fsp3) is 0.500. The Morgan fingerprint density at radius 1 is 1.78 bits per heavy atom. The van der Waals surface area contributed by atoms with Crippen LogP contribution in [0.3, 0.4) is 0 Å². The minimum absolute atomic E-state index is 0.743. The van der Waals surface area contributed by atoms with Gasteiger partial charge in [0.2, 0.25) is 5.94 Å². The predicted molar refractivity (Wildman–Crippen MR) is 29.4 cm³/mol. The standard InChI is InChI=1S/C2H6N2O4S/c3-2(4)8-1-9(5,6)7/h1H2,(H3,3,4)(H,5,6,7). The van der Waals surface area contributed by atoms with Gasteiger partial charge in [0.1, 0.15) is 0 Å². The molecule has 0 spiro atoms. The van der Waals surface area contributed by atoms with Gasteiger partial charge < -0.3 is 10.5 Å². The average molecular weight is 154 g/mol. The second kappa shape index (κ2) is 2.65. The largest absolute Gasteiger partial charge is 0.447 e. The molecule has 0 saturated carbocycles. The van der Waals surface area contributed by atoms with Gasteiger partial charge in [0.15, 0.2) is 0 Å². The average Bonchev–Trinajstić information content (AvgIpc) is 1.59. The lowest BCUT2D eigenvalue weighted by molar-refractivity contribution is 0.335. The topological polar surface area (TPSA) is 113 Å². The monoisotopic (exact) mass is 154 g/mol. The molecule has 54 valence electrons. The van der Waals surface area contributed by atoms with Gasteiger partial charge in [-0.3, -0.25) is 9.96 Å². The van der Waals surface area contributed by atoms with Crippen molar-refractivity contribution >= 4 is 16.1 Å². The summed E-state index contributed by atoms with van der Waals surface area (Å²) in [5.74, 6) is -0.970. The summed E-state index contributed by atoms with van der Waals surface area (Å²) >= 11 is 0. The highest BCUT2D eigenvalue weighted by molar-refractivity contribution is 7.85. The third kappa shape index (κ3) is 7.18. The van der Waals surface area contributed by atoms with E-state index in [1.807, 2.05) is 0 Å². The van der Waals surface area contributed by atoms with Crippen LogP contribution in [-0.4, -0.2) is 24.9 Å². The highest BCUT2D eigenvalue weighted by atomic mass is 32.2. The van der Waals surface area contributed by atoms with E-state index >= 15 is 0 Å². The zero-order chi connectivity index (χ0) is 7.49. The highest BCUT2D eigenvalue weighted by Crippen LogP contribution is 1.81. The number of hydrogen-bond acceptors (Lipinski definition) is 4. The van der Waals surface area contributed by atoms with Crippen LogP contribution in [0.5, 0.6) is 0 Å². The molecule has 9 heavy (non-hydrogen) atoms. The van der Waals surface area contributed by atoms with Crippen LogP contribution >= 0.6 is 0 Å². The van der Waals surface area contributed by atoms with E-state index in [0.717, 1.165) is 0 Å². The lowest BCUT2D eigenvalue weighted by Crippen LogP contribution is -2.19. The second-order valence-corrected chi connectivity index (χ2v) is 2.61. The number of ether oxygens (including phenoxy) is 1. The molecule has 0 aromatic rings. The number of amidine groups is 1. The Bertz CT molecular complexity index is 195. The van der Waals surface area contributed by atoms with Gasteiger partial charge in [-0.05, 0) is 0 Å². The maximum absolute atomic E-state index is 9.81. The van der Waals surface area contributed by atoms with Crippen molar-refractivity contribution in [3.8, 4) is 0 Å². The Hall–Kier alpha value is -0.820. The molecule has 0 saturated heterocycles. The molecule has 0 unspecified atom stereocenters. The van der Waals surface area contributed by atoms with Crippen LogP contribution in [0.4, 0.5) is 0 Å². The summed E-state index contributed by atoms with van der Waals surface area (Å²) in [6.45, 7) is 0. The molecule has 0 aliphatic heterocycles. The first-order valence-corrected chi connectivity index (χ1v) is 3.45. The summed E-state index contributed by atoms with van der Waals surface area (Å²) in [5, 5.41) is 6.35. The predicted octanol–water partition coefficient (Wildman–Crippen LogP) is -1.26. The number of rotatable bonds is 2. The molecule has 0 bridgehead atoms. The van der Waals surface area contributed by atoms with E-state index in [1.165, 1.54) is 0 Å². The second-order valence-electron chi connectivity index (χ2n) is 1.21. The smallest absolute Gasteiger partial charge is 0.300 e. The van der Waals surface area contributed by atoms with E-state index in [4.69, 9.17) is 9.96 Å². The van der Waals surface area contributed by atoms with Crippen LogP contribution in [0.2, 0.25) is 0 Å². The normalized spacial score (nSPS) is 10.8. The first-order chi connectivity index (χ1) is 3.92. The number of hydrogen-bond donors (Lipinski definition) is 3. The molecule has 0 atom stereocenters. The third-order valence-corrected chi connectivity index (χ3v) is 0.779. The molecule has 0 fully saturated rings. The lowest BCUT2D eigenvalue weighted by Gasteiger charge is -1.97. The van der Waals surface area contributed by atoms with Gasteiger partial charge in [-0.2, -0.15) is 8.42 Å². The molecule has 0 radical (unpaired) electrons. The Morgan fingerprint density at radius 3 is 2.33 bits per heavy atom. The molecular weight excluding hydrogens is 148 g/mol.